The number of sulfonamides is 1. The highest BCUT2D eigenvalue weighted by atomic mass is 32.2. The van der Waals surface area contributed by atoms with E-state index >= 15 is 0 Å². The van der Waals surface area contributed by atoms with Gasteiger partial charge in [-0.05, 0) is 70.6 Å². The van der Waals surface area contributed by atoms with Gasteiger partial charge in [-0.2, -0.15) is 0 Å². The third kappa shape index (κ3) is 8.95. The highest BCUT2D eigenvalue weighted by molar-refractivity contribution is 7.91. The molecule has 0 aromatic heterocycles. The van der Waals surface area contributed by atoms with E-state index in [0.29, 0.717) is 30.4 Å². The maximum Gasteiger partial charge on any atom is 0.410 e. The van der Waals surface area contributed by atoms with E-state index in [0.717, 1.165) is 11.0 Å². The lowest BCUT2D eigenvalue weighted by atomic mass is 10.1. The van der Waals surface area contributed by atoms with Crippen LogP contribution < -0.4 is 15.4 Å². The van der Waals surface area contributed by atoms with Crippen LogP contribution in [0.1, 0.15) is 70.4 Å². The zero-order valence-corrected chi connectivity index (χ0v) is 31.9. The van der Waals surface area contributed by atoms with Crippen LogP contribution >= 0.6 is 0 Å². The highest BCUT2D eigenvalue weighted by Gasteiger charge is 2.62. The monoisotopic (exact) mass is 786 g/mol. The maximum absolute atomic E-state index is 14.5. The summed E-state index contributed by atoms with van der Waals surface area (Å²) in [6.07, 6.45) is 2.65. The quantitative estimate of drug-likeness (QED) is 0.283. The fourth-order valence-electron chi connectivity index (χ4n) is 7.21. The molecule has 18 heteroatoms. The van der Waals surface area contributed by atoms with E-state index in [1.807, 2.05) is 0 Å². The molecule has 3 fully saturated rings. The number of carbonyl (C=O) groups excluding carboxylic acids is 6. The second-order valence-corrected chi connectivity index (χ2v) is 17.6. The normalized spacial score (nSPS) is 27.6. The number of hydrogen-bond donors (Lipinski definition) is 3. The van der Waals surface area contributed by atoms with Crippen molar-refractivity contribution in [3.05, 3.63) is 60.0 Å². The molecule has 2 saturated carbocycles. The first-order valence-corrected chi connectivity index (χ1v) is 19.9. The molecule has 3 heterocycles. The molecule has 6 amide bonds. The SMILES string of the molecule is C=CC(=O)N1CC/C=C\[C@@H]2C[C@@]2(C(=O)NS(=O)(=O)C2CC2)NC(=O)C2C[C@@H](OC(=O)N3Cc4cccc(F)c4C3)CN2C(=O)[C@@H](NC(=O)OC(C)(C)C)CC1. The molecule has 16 nitrogen and oxygen atoms in total. The van der Waals surface area contributed by atoms with Crippen LogP contribution in [0.2, 0.25) is 0 Å². The highest BCUT2D eigenvalue weighted by Crippen LogP contribution is 2.46. The predicted molar refractivity (Wildman–Crippen MR) is 193 cm³/mol. The molecule has 298 valence electrons. The second kappa shape index (κ2) is 15.3. The maximum atomic E-state index is 14.5. The number of halogens is 1. The van der Waals surface area contributed by atoms with E-state index in [9.17, 15) is 41.6 Å². The summed E-state index contributed by atoms with van der Waals surface area (Å²) < 4.78 is 53.5. The summed E-state index contributed by atoms with van der Waals surface area (Å²) in [5, 5.41) is 4.61. The van der Waals surface area contributed by atoms with Gasteiger partial charge in [-0.25, -0.2) is 22.4 Å². The third-order valence-electron chi connectivity index (χ3n) is 10.4. The fourth-order valence-corrected chi connectivity index (χ4v) is 8.58. The summed E-state index contributed by atoms with van der Waals surface area (Å²) in [6, 6.07) is 1.87. The lowest BCUT2D eigenvalue weighted by Crippen LogP contribution is -2.58. The number of ether oxygens (including phenoxy) is 2. The van der Waals surface area contributed by atoms with Gasteiger partial charge in [0, 0.05) is 37.5 Å². The molecule has 5 atom stereocenters. The van der Waals surface area contributed by atoms with Crippen molar-refractivity contribution in [2.75, 3.05) is 19.6 Å². The molecule has 2 aliphatic carbocycles. The van der Waals surface area contributed by atoms with Gasteiger partial charge in [-0.3, -0.25) is 28.8 Å². The molecular formula is C37H47FN6O10S. The van der Waals surface area contributed by atoms with Crippen LogP contribution in [0, 0.1) is 11.7 Å². The van der Waals surface area contributed by atoms with Crippen molar-refractivity contribution in [3.8, 4) is 0 Å². The second-order valence-electron chi connectivity index (χ2n) is 15.7. The Morgan fingerprint density at radius 2 is 1.82 bits per heavy atom. The van der Waals surface area contributed by atoms with Crippen molar-refractivity contribution in [1.82, 2.24) is 30.1 Å². The number of rotatable bonds is 6. The summed E-state index contributed by atoms with van der Waals surface area (Å²) in [5.74, 6) is -3.97. The summed E-state index contributed by atoms with van der Waals surface area (Å²) in [5.41, 5.74) is -1.63. The van der Waals surface area contributed by atoms with Gasteiger partial charge in [-0.15, -0.1) is 0 Å². The fraction of sp³-hybridized carbons (Fsp3) is 0.568. The van der Waals surface area contributed by atoms with Gasteiger partial charge >= 0.3 is 12.2 Å². The summed E-state index contributed by atoms with van der Waals surface area (Å²) in [7, 11) is -3.99. The first-order chi connectivity index (χ1) is 25.9. The van der Waals surface area contributed by atoms with E-state index in [1.54, 1.807) is 39.0 Å². The molecule has 0 spiro atoms. The van der Waals surface area contributed by atoms with Gasteiger partial charge in [0.2, 0.25) is 27.7 Å². The Kier molecular flexibility index (Phi) is 11.0. The van der Waals surface area contributed by atoms with Crippen LogP contribution in [-0.2, 0) is 51.8 Å². The largest absolute Gasteiger partial charge is 0.444 e. The Balaban J connectivity index is 1.30. The summed E-state index contributed by atoms with van der Waals surface area (Å²) in [6.45, 7) is 8.42. The molecule has 3 N–H and O–H groups in total. The standard InChI is InChI=1S/C37H47FN6O10S/c1-5-30(45)42-15-7-6-10-23-18-37(23,33(48)41-55(51,52)25-12-13-25)40-31(46)29-17-24(53-35(50)43-19-22-9-8-11-27(38)26(22)21-43)20-44(29)32(47)28(14-16-42)39-34(49)54-36(2,3)4/h5-6,8-11,23-25,28-29H,1,7,12-21H2,2-4H3,(H,39,49)(H,40,46)(H,41,48)/b10-6-/t23-,24-,28+,29?,37-/m1/s1. The zero-order valence-electron chi connectivity index (χ0n) is 31.0. The summed E-state index contributed by atoms with van der Waals surface area (Å²) >= 11 is 0. The first-order valence-electron chi connectivity index (χ1n) is 18.4. The number of fused-ring (bicyclic) bond motifs is 3. The Hall–Kier alpha value is -5.00. The third-order valence-corrected chi connectivity index (χ3v) is 12.2. The van der Waals surface area contributed by atoms with Crippen molar-refractivity contribution in [2.45, 2.75) is 107 Å². The minimum Gasteiger partial charge on any atom is -0.444 e. The van der Waals surface area contributed by atoms with Crippen molar-refractivity contribution in [3.63, 3.8) is 0 Å². The molecule has 1 aromatic rings. The van der Waals surface area contributed by atoms with Crippen molar-refractivity contribution < 1.29 is 51.0 Å². The van der Waals surface area contributed by atoms with Crippen LogP contribution in [0.25, 0.3) is 0 Å². The van der Waals surface area contributed by atoms with Gasteiger partial charge in [0.05, 0.1) is 18.3 Å². The summed E-state index contributed by atoms with van der Waals surface area (Å²) in [4.78, 5) is 85.7. The van der Waals surface area contributed by atoms with E-state index < -0.39 is 92.2 Å². The van der Waals surface area contributed by atoms with Gasteiger partial charge in [-0.1, -0.05) is 30.9 Å². The zero-order chi connectivity index (χ0) is 39.9. The number of hydrogen-bond acceptors (Lipinski definition) is 10. The average Bonchev–Trinajstić information content (AvgIpc) is 3.99. The van der Waals surface area contributed by atoms with Crippen LogP contribution in [0.3, 0.4) is 0 Å². The van der Waals surface area contributed by atoms with Gasteiger partial charge in [0.15, 0.2) is 0 Å². The van der Waals surface area contributed by atoms with Crippen molar-refractivity contribution in [1.29, 1.82) is 0 Å². The molecule has 55 heavy (non-hydrogen) atoms. The average molecular weight is 787 g/mol. The topological polar surface area (TPSA) is 201 Å². The number of carbonyl (C=O) groups is 6. The van der Waals surface area contributed by atoms with Gasteiger partial charge in [0.1, 0.15) is 35.1 Å². The van der Waals surface area contributed by atoms with Gasteiger partial charge in [0.25, 0.3) is 5.91 Å². The molecule has 1 unspecified atom stereocenters. The molecule has 3 aliphatic heterocycles. The van der Waals surface area contributed by atoms with E-state index in [4.69, 9.17) is 9.47 Å². The Labute approximate surface area is 318 Å². The predicted octanol–water partition coefficient (Wildman–Crippen LogP) is 1.99. The molecule has 6 rings (SSSR count). The molecular weight excluding hydrogens is 740 g/mol. The smallest absolute Gasteiger partial charge is 0.410 e. The molecule has 5 aliphatic rings. The molecule has 0 radical (unpaired) electrons. The van der Waals surface area contributed by atoms with Crippen molar-refractivity contribution >= 4 is 45.8 Å². The molecule has 0 bridgehead atoms. The lowest BCUT2D eigenvalue weighted by Gasteiger charge is -2.31. The number of benzene rings is 1. The van der Waals surface area contributed by atoms with Gasteiger partial charge < -0.3 is 29.9 Å². The van der Waals surface area contributed by atoms with Crippen LogP contribution in [0.5, 0.6) is 0 Å². The minimum atomic E-state index is -3.99. The molecule has 1 aromatic carbocycles. The van der Waals surface area contributed by atoms with Crippen LogP contribution in [0.4, 0.5) is 14.0 Å². The lowest BCUT2D eigenvalue weighted by molar-refractivity contribution is -0.141. The van der Waals surface area contributed by atoms with Crippen LogP contribution in [-0.4, -0.2) is 113 Å². The van der Waals surface area contributed by atoms with E-state index in [1.165, 1.54) is 21.9 Å². The number of nitrogens with zero attached hydrogens (tertiary/aromatic N) is 3. The Morgan fingerprint density at radius 3 is 2.49 bits per heavy atom. The minimum absolute atomic E-state index is 0.00507. The van der Waals surface area contributed by atoms with Crippen molar-refractivity contribution in [2.24, 2.45) is 5.92 Å². The van der Waals surface area contributed by atoms with Crippen LogP contribution in [0.15, 0.2) is 43.0 Å². The number of nitrogens with one attached hydrogen (secondary N) is 3. The van der Waals surface area contributed by atoms with E-state index in [2.05, 4.69) is 21.9 Å². The Morgan fingerprint density at radius 1 is 1.07 bits per heavy atom. The first kappa shape index (κ1) is 39.7. The number of alkyl carbamates (subject to hydrolysis) is 1. The van der Waals surface area contributed by atoms with E-state index in [-0.39, 0.29) is 52.0 Å². The number of amides is 6. The molecule has 1 saturated heterocycles. The Bertz CT molecular complexity index is 1910.